The zero-order chi connectivity index (χ0) is 11.1. The van der Waals surface area contributed by atoms with Crippen LogP contribution in [0.3, 0.4) is 0 Å². The maximum Gasteiger partial charge on any atom is 0.120 e. The molecule has 0 aliphatic carbocycles. The molecule has 0 aromatic carbocycles. The van der Waals surface area contributed by atoms with Gasteiger partial charge >= 0.3 is 0 Å². The molecule has 0 amide bonds. The lowest BCUT2D eigenvalue weighted by molar-refractivity contribution is -0.00469. The Bertz CT molecular complexity index is 202. The lowest BCUT2D eigenvalue weighted by atomic mass is 10.2. The van der Waals surface area contributed by atoms with Gasteiger partial charge in [0.1, 0.15) is 11.1 Å². The van der Waals surface area contributed by atoms with E-state index in [1.54, 1.807) is 0 Å². The number of nitrogens with zero attached hydrogens (tertiary/aromatic N) is 1. The molecular weight excluding hydrogens is 212 g/mol. The first-order chi connectivity index (χ1) is 7.24. The molecule has 88 valence electrons. The Kier molecular flexibility index (Phi) is 6.09. The van der Waals surface area contributed by atoms with Crippen LogP contribution in [-0.2, 0) is 9.47 Å². The predicted molar refractivity (Wildman–Crippen MR) is 64.1 cm³/mol. The van der Waals surface area contributed by atoms with Crippen molar-refractivity contribution in [2.45, 2.75) is 19.4 Å². The van der Waals surface area contributed by atoms with E-state index in [1.165, 1.54) is 0 Å². The summed E-state index contributed by atoms with van der Waals surface area (Å²) in [4.78, 5) is 2.73. The molecule has 1 saturated heterocycles. The molecule has 1 unspecified atom stereocenters. The Morgan fingerprint density at radius 3 is 3.07 bits per heavy atom. The molecular formula is C10H20N2O2S. The number of hydrogen-bond donors (Lipinski definition) is 1. The molecule has 0 radical (unpaired) electrons. The monoisotopic (exact) mass is 232 g/mol. The highest BCUT2D eigenvalue weighted by molar-refractivity contribution is 7.80. The second-order valence-electron chi connectivity index (χ2n) is 3.67. The van der Waals surface area contributed by atoms with Crippen LogP contribution in [0.4, 0.5) is 0 Å². The Hall–Kier alpha value is -0.230. The van der Waals surface area contributed by atoms with Crippen LogP contribution in [0.25, 0.3) is 0 Å². The Morgan fingerprint density at radius 1 is 1.60 bits per heavy atom. The number of ether oxygens (including phenoxy) is 2. The fraction of sp³-hybridized carbons (Fsp3) is 0.900. The van der Waals surface area contributed by atoms with Gasteiger partial charge in [-0.1, -0.05) is 19.1 Å². The maximum absolute atomic E-state index is 5.55. The van der Waals surface area contributed by atoms with Crippen LogP contribution in [0.1, 0.15) is 13.3 Å². The summed E-state index contributed by atoms with van der Waals surface area (Å²) in [6.45, 7) is 7.09. The second-order valence-corrected chi connectivity index (χ2v) is 4.15. The van der Waals surface area contributed by atoms with Gasteiger partial charge in [0, 0.05) is 26.2 Å². The van der Waals surface area contributed by atoms with Gasteiger partial charge in [-0.15, -0.1) is 0 Å². The van der Waals surface area contributed by atoms with Gasteiger partial charge in [-0.05, 0) is 6.42 Å². The van der Waals surface area contributed by atoms with Crippen molar-refractivity contribution in [2.24, 2.45) is 5.73 Å². The fourth-order valence-electron chi connectivity index (χ4n) is 1.52. The molecule has 5 heteroatoms. The van der Waals surface area contributed by atoms with E-state index in [9.17, 15) is 0 Å². The van der Waals surface area contributed by atoms with Crippen LogP contribution in [-0.4, -0.2) is 55.4 Å². The summed E-state index contributed by atoms with van der Waals surface area (Å²) in [5.74, 6) is 0. The third kappa shape index (κ3) is 4.88. The molecule has 1 aliphatic rings. The molecule has 2 N–H and O–H groups in total. The Balaban J connectivity index is 2.15. The highest BCUT2D eigenvalue weighted by Gasteiger charge is 2.21. The summed E-state index contributed by atoms with van der Waals surface area (Å²) in [6.07, 6.45) is 0.985. The van der Waals surface area contributed by atoms with Gasteiger partial charge in [0.15, 0.2) is 0 Å². The van der Waals surface area contributed by atoms with E-state index in [0.717, 1.165) is 39.3 Å². The average Bonchev–Trinajstić information content (AvgIpc) is 2.25. The lowest BCUT2D eigenvalue weighted by Gasteiger charge is -2.32. The van der Waals surface area contributed by atoms with Gasteiger partial charge in [-0.3, -0.25) is 4.90 Å². The third-order valence-electron chi connectivity index (χ3n) is 2.37. The van der Waals surface area contributed by atoms with Crippen molar-refractivity contribution in [3.05, 3.63) is 0 Å². The van der Waals surface area contributed by atoms with Crippen molar-refractivity contribution in [1.82, 2.24) is 4.90 Å². The van der Waals surface area contributed by atoms with Gasteiger partial charge in [0.05, 0.1) is 13.2 Å². The van der Waals surface area contributed by atoms with Crippen molar-refractivity contribution in [3.63, 3.8) is 0 Å². The molecule has 0 bridgehead atoms. The maximum atomic E-state index is 5.55. The van der Waals surface area contributed by atoms with Gasteiger partial charge in [-0.2, -0.15) is 0 Å². The van der Waals surface area contributed by atoms with Gasteiger partial charge < -0.3 is 15.2 Å². The van der Waals surface area contributed by atoms with Crippen LogP contribution < -0.4 is 5.73 Å². The van der Waals surface area contributed by atoms with Crippen molar-refractivity contribution in [3.8, 4) is 0 Å². The predicted octanol–water partition coefficient (Wildman–Crippen LogP) is 0.400. The molecule has 1 fully saturated rings. The first-order valence-electron chi connectivity index (χ1n) is 5.45. The van der Waals surface area contributed by atoms with E-state index in [0.29, 0.717) is 11.6 Å². The number of hydrogen-bond acceptors (Lipinski definition) is 4. The highest BCUT2D eigenvalue weighted by Crippen LogP contribution is 2.05. The smallest absolute Gasteiger partial charge is 0.120 e. The van der Waals surface area contributed by atoms with Crippen molar-refractivity contribution in [2.75, 3.05) is 39.5 Å². The van der Waals surface area contributed by atoms with Gasteiger partial charge in [0.2, 0.25) is 0 Å². The average molecular weight is 232 g/mol. The van der Waals surface area contributed by atoms with Crippen LogP contribution in [0.2, 0.25) is 0 Å². The van der Waals surface area contributed by atoms with E-state index >= 15 is 0 Å². The molecule has 1 atom stereocenters. The molecule has 1 rings (SSSR count). The number of morpholine rings is 1. The van der Waals surface area contributed by atoms with Crippen LogP contribution in [0.15, 0.2) is 0 Å². The van der Waals surface area contributed by atoms with Crippen LogP contribution >= 0.6 is 12.2 Å². The van der Waals surface area contributed by atoms with Crippen LogP contribution in [0, 0.1) is 0 Å². The minimum atomic E-state index is -0.0834. The summed E-state index contributed by atoms with van der Waals surface area (Å²) in [5.41, 5.74) is 5.55. The second kappa shape index (κ2) is 7.11. The number of thiocarbonyl (C=S) groups is 1. The van der Waals surface area contributed by atoms with E-state index in [4.69, 9.17) is 27.4 Å². The topological polar surface area (TPSA) is 47.7 Å². The molecule has 0 aromatic heterocycles. The van der Waals surface area contributed by atoms with E-state index in [-0.39, 0.29) is 6.10 Å². The molecule has 4 nitrogen and oxygen atoms in total. The minimum absolute atomic E-state index is 0.0834. The number of rotatable bonds is 6. The summed E-state index contributed by atoms with van der Waals surface area (Å²) in [6, 6.07) is 0. The standard InChI is InChI=1S/C10H20N2O2S/c1-2-5-13-6-3-12-4-7-14-9(8-12)10(11)15/h9H,2-8H2,1H3,(H2,11,15). The molecule has 1 aliphatic heterocycles. The largest absolute Gasteiger partial charge is 0.391 e. The van der Waals surface area contributed by atoms with E-state index < -0.39 is 0 Å². The zero-order valence-electron chi connectivity index (χ0n) is 9.28. The summed E-state index contributed by atoms with van der Waals surface area (Å²) in [7, 11) is 0. The lowest BCUT2D eigenvalue weighted by Crippen LogP contribution is -2.48. The highest BCUT2D eigenvalue weighted by atomic mass is 32.1. The van der Waals surface area contributed by atoms with Crippen LogP contribution in [0.5, 0.6) is 0 Å². The van der Waals surface area contributed by atoms with Crippen molar-refractivity contribution in [1.29, 1.82) is 0 Å². The first-order valence-corrected chi connectivity index (χ1v) is 5.86. The normalized spacial score (nSPS) is 22.9. The molecule has 0 aromatic rings. The molecule has 15 heavy (non-hydrogen) atoms. The summed E-state index contributed by atoms with van der Waals surface area (Å²) < 4.78 is 10.9. The minimum Gasteiger partial charge on any atom is -0.391 e. The summed E-state index contributed by atoms with van der Waals surface area (Å²) >= 11 is 4.92. The molecule has 1 heterocycles. The Morgan fingerprint density at radius 2 is 2.40 bits per heavy atom. The SMILES string of the molecule is CCCOCCN1CCOC(C(N)=S)C1. The fourth-order valence-corrected chi connectivity index (χ4v) is 1.66. The number of nitrogens with two attached hydrogens (primary N) is 1. The summed E-state index contributed by atoms with van der Waals surface area (Å²) in [5, 5.41) is 0. The van der Waals surface area contributed by atoms with E-state index in [1.807, 2.05) is 0 Å². The third-order valence-corrected chi connectivity index (χ3v) is 2.63. The Labute approximate surface area is 96.7 Å². The van der Waals surface area contributed by atoms with Gasteiger partial charge in [-0.25, -0.2) is 0 Å². The molecule has 0 saturated carbocycles. The van der Waals surface area contributed by atoms with Gasteiger partial charge in [0.25, 0.3) is 0 Å². The van der Waals surface area contributed by atoms with Crippen molar-refractivity contribution < 1.29 is 9.47 Å². The van der Waals surface area contributed by atoms with E-state index in [2.05, 4.69) is 11.8 Å². The quantitative estimate of drug-likeness (QED) is 0.530. The first kappa shape index (κ1) is 12.8. The van der Waals surface area contributed by atoms with Crippen molar-refractivity contribution >= 4 is 17.2 Å². The zero-order valence-corrected chi connectivity index (χ0v) is 10.1. The molecule has 0 spiro atoms.